The van der Waals surface area contributed by atoms with Gasteiger partial charge in [-0.15, -0.1) is 0 Å². The fraction of sp³-hybridized carbons (Fsp3) is 0.312. The summed E-state index contributed by atoms with van der Waals surface area (Å²) in [4.78, 5) is 56.8. The Kier molecular flexibility index (Phi) is 7.26. The molecule has 0 aliphatic rings. The van der Waals surface area contributed by atoms with Gasteiger partial charge in [-0.25, -0.2) is 19.2 Å². The summed E-state index contributed by atoms with van der Waals surface area (Å²) in [6.45, 7) is 1.71. The van der Waals surface area contributed by atoms with Crippen LogP contribution < -0.4 is 0 Å². The van der Waals surface area contributed by atoms with E-state index in [2.05, 4.69) is 0 Å². The highest BCUT2D eigenvalue weighted by atomic mass is 16.6. The van der Waals surface area contributed by atoms with Crippen LogP contribution in [0.2, 0.25) is 0 Å². The van der Waals surface area contributed by atoms with Gasteiger partial charge in [-0.1, -0.05) is 6.92 Å². The van der Waals surface area contributed by atoms with E-state index in [0.29, 0.717) is 6.42 Å². The molecule has 1 unspecified atom stereocenters. The lowest BCUT2D eigenvalue weighted by Crippen LogP contribution is -2.32. The molecule has 0 aromatic heterocycles. The Balaban J connectivity index is 3.06. The molecule has 1 atom stereocenters. The molecule has 1 aromatic carbocycles. The van der Waals surface area contributed by atoms with Crippen LogP contribution in [0, 0.1) is 0 Å². The number of hydrogen-bond donors (Lipinski definition) is 3. The van der Waals surface area contributed by atoms with Crippen LogP contribution in [0.25, 0.3) is 0 Å². The molecule has 0 radical (unpaired) electrons. The third-order valence-electron chi connectivity index (χ3n) is 3.04. The standard InChI is InChI=1S/C16H16O10/c1-2-5-25-16(24)11(7-12(17)18)26-15(23)8-3-4-9(13(19)20)10(6-8)14(21)22/h3-4,6,11H,2,5,7H2,1H3,(H,17,18)(H,19,20)(H,21,22). The van der Waals surface area contributed by atoms with E-state index in [0.717, 1.165) is 18.2 Å². The SMILES string of the molecule is CCCOC(=O)C(CC(=O)O)OC(=O)c1ccc(C(=O)O)c(C(=O)O)c1. The minimum Gasteiger partial charge on any atom is -0.481 e. The van der Waals surface area contributed by atoms with E-state index in [-0.39, 0.29) is 12.2 Å². The predicted molar refractivity (Wildman–Crippen MR) is 83.1 cm³/mol. The van der Waals surface area contributed by atoms with Crippen LogP contribution >= 0.6 is 0 Å². The highest BCUT2D eigenvalue weighted by Gasteiger charge is 2.28. The van der Waals surface area contributed by atoms with Gasteiger partial charge in [-0.3, -0.25) is 4.79 Å². The van der Waals surface area contributed by atoms with Gasteiger partial charge >= 0.3 is 29.8 Å². The van der Waals surface area contributed by atoms with Crippen molar-refractivity contribution in [2.75, 3.05) is 6.61 Å². The maximum absolute atomic E-state index is 12.1. The zero-order chi connectivity index (χ0) is 19.9. The summed E-state index contributed by atoms with van der Waals surface area (Å²) in [5.74, 6) is -6.74. The smallest absolute Gasteiger partial charge is 0.348 e. The quantitative estimate of drug-likeness (QED) is 0.536. The molecule has 0 saturated carbocycles. The summed E-state index contributed by atoms with van der Waals surface area (Å²) < 4.78 is 9.56. The second-order valence-electron chi connectivity index (χ2n) is 5.03. The third-order valence-corrected chi connectivity index (χ3v) is 3.04. The Labute approximate surface area is 146 Å². The fourth-order valence-electron chi connectivity index (χ4n) is 1.86. The Morgan fingerprint density at radius 3 is 2.12 bits per heavy atom. The van der Waals surface area contributed by atoms with Crippen molar-refractivity contribution in [1.29, 1.82) is 0 Å². The maximum Gasteiger partial charge on any atom is 0.348 e. The van der Waals surface area contributed by atoms with Crippen molar-refractivity contribution < 1.29 is 48.8 Å². The van der Waals surface area contributed by atoms with Gasteiger partial charge in [0.2, 0.25) is 6.10 Å². The molecule has 26 heavy (non-hydrogen) atoms. The zero-order valence-corrected chi connectivity index (χ0v) is 13.6. The van der Waals surface area contributed by atoms with Crippen LogP contribution in [0.15, 0.2) is 18.2 Å². The first kappa shape index (κ1) is 20.6. The molecule has 0 heterocycles. The molecule has 10 heteroatoms. The number of rotatable bonds is 9. The van der Waals surface area contributed by atoms with Crippen molar-refractivity contribution in [2.45, 2.75) is 25.9 Å². The number of ether oxygens (including phenoxy) is 2. The molecule has 0 aliphatic carbocycles. The lowest BCUT2D eigenvalue weighted by molar-refractivity contribution is -0.158. The largest absolute Gasteiger partial charge is 0.481 e. The van der Waals surface area contributed by atoms with E-state index >= 15 is 0 Å². The second-order valence-corrected chi connectivity index (χ2v) is 5.03. The van der Waals surface area contributed by atoms with Crippen LogP contribution in [-0.4, -0.2) is 57.9 Å². The number of carbonyl (C=O) groups is 5. The van der Waals surface area contributed by atoms with Gasteiger partial charge in [-0.2, -0.15) is 0 Å². The Morgan fingerprint density at radius 2 is 1.62 bits per heavy atom. The Bertz CT molecular complexity index is 737. The molecule has 0 saturated heterocycles. The highest BCUT2D eigenvalue weighted by Crippen LogP contribution is 2.15. The summed E-state index contributed by atoms with van der Waals surface area (Å²) >= 11 is 0. The van der Waals surface area contributed by atoms with E-state index in [1.165, 1.54) is 0 Å². The first-order chi connectivity index (χ1) is 12.2. The first-order valence-electron chi connectivity index (χ1n) is 7.37. The van der Waals surface area contributed by atoms with Crippen LogP contribution in [-0.2, 0) is 19.1 Å². The average molecular weight is 368 g/mol. The van der Waals surface area contributed by atoms with Crippen LogP contribution in [0.1, 0.15) is 50.8 Å². The fourth-order valence-corrected chi connectivity index (χ4v) is 1.86. The molecule has 10 nitrogen and oxygen atoms in total. The van der Waals surface area contributed by atoms with E-state index in [1.54, 1.807) is 6.92 Å². The summed E-state index contributed by atoms with van der Waals surface area (Å²) in [7, 11) is 0. The molecule has 3 N–H and O–H groups in total. The van der Waals surface area contributed by atoms with E-state index in [4.69, 9.17) is 24.8 Å². The lowest BCUT2D eigenvalue weighted by atomic mass is 10.0. The maximum atomic E-state index is 12.1. The molecule has 0 aliphatic heterocycles. The van der Waals surface area contributed by atoms with Gasteiger partial charge in [0.1, 0.15) is 0 Å². The number of carbonyl (C=O) groups excluding carboxylic acids is 2. The zero-order valence-electron chi connectivity index (χ0n) is 13.6. The van der Waals surface area contributed by atoms with Crippen molar-refractivity contribution in [3.63, 3.8) is 0 Å². The monoisotopic (exact) mass is 368 g/mol. The molecule has 0 fully saturated rings. The highest BCUT2D eigenvalue weighted by molar-refractivity contribution is 6.04. The number of carboxylic acids is 3. The molecule has 1 rings (SSSR count). The number of benzene rings is 1. The number of aromatic carboxylic acids is 2. The van der Waals surface area contributed by atoms with Gasteiger partial charge in [0.25, 0.3) is 0 Å². The van der Waals surface area contributed by atoms with E-state index < -0.39 is 53.5 Å². The Hall–Kier alpha value is -3.43. The van der Waals surface area contributed by atoms with Crippen molar-refractivity contribution in [1.82, 2.24) is 0 Å². The van der Waals surface area contributed by atoms with Gasteiger partial charge in [0.05, 0.1) is 29.7 Å². The number of hydrogen-bond acceptors (Lipinski definition) is 7. The molecule has 0 spiro atoms. The Morgan fingerprint density at radius 1 is 1.00 bits per heavy atom. The van der Waals surface area contributed by atoms with Crippen molar-refractivity contribution in [2.24, 2.45) is 0 Å². The normalized spacial score (nSPS) is 11.3. The van der Waals surface area contributed by atoms with Crippen molar-refractivity contribution >= 4 is 29.8 Å². The van der Waals surface area contributed by atoms with Crippen molar-refractivity contribution in [3.8, 4) is 0 Å². The minimum atomic E-state index is -1.72. The molecule has 140 valence electrons. The summed E-state index contributed by atoms with van der Waals surface area (Å²) in [6.07, 6.45) is -2.09. The van der Waals surface area contributed by atoms with Gasteiger partial charge in [0, 0.05) is 0 Å². The molecule has 1 aromatic rings. The molecule has 0 amide bonds. The number of carboxylic acid groups (broad SMARTS) is 3. The third kappa shape index (κ3) is 5.58. The van der Waals surface area contributed by atoms with Crippen LogP contribution in [0.3, 0.4) is 0 Å². The summed E-state index contributed by atoms with van der Waals surface area (Å²) in [5.41, 5.74) is -1.56. The average Bonchev–Trinajstić information content (AvgIpc) is 2.57. The first-order valence-corrected chi connectivity index (χ1v) is 7.37. The van der Waals surface area contributed by atoms with Gasteiger partial charge < -0.3 is 24.8 Å². The molecule has 0 bridgehead atoms. The summed E-state index contributed by atoms with van der Waals surface area (Å²) in [5, 5.41) is 26.8. The van der Waals surface area contributed by atoms with E-state index in [1.807, 2.05) is 0 Å². The number of aliphatic carboxylic acids is 1. The van der Waals surface area contributed by atoms with Crippen molar-refractivity contribution in [3.05, 3.63) is 34.9 Å². The molecular formula is C16H16O10. The minimum absolute atomic E-state index is 0.00295. The van der Waals surface area contributed by atoms with Crippen LogP contribution in [0.5, 0.6) is 0 Å². The molecular weight excluding hydrogens is 352 g/mol. The second kappa shape index (κ2) is 9.16. The summed E-state index contributed by atoms with van der Waals surface area (Å²) in [6, 6.07) is 2.65. The van der Waals surface area contributed by atoms with Gasteiger partial charge in [0.15, 0.2) is 0 Å². The topological polar surface area (TPSA) is 164 Å². The predicted octanol–water partition coefficient (Wildman–Crippen LogP) is 1.04. The number of esters is 2. The van der Waals surface area contributed by atoms with Gasteiger partial charge in [-0.05, 0) is 24.6 Å². The van der Waals surface area contributed by atoms with E-state index in [9.17, 15) is 24.0 Å². The van der Waals surface area contributed by atoms with Crippen LogP contribution in [0.4, 0.5) is 0 Å². The lowest BCUT2D eigenvalue weighted by Gasteiger charge is -2.15.